The minimum Gasteiger partial charge on any atom is -0.481 e. The second kappa shape index (κ2) is 8.55. The van der Waals surface area contributed by atoms with Crippen molar-refractivity contribution >= 4 is 5.91 Å². The van der Waals surface area contributed by atoms with Crippen LogP contribution in [0.4, 0.5) is 0 Å². The predicted octanol–water partition coefficient (Wildman–Crippen LogP) is 1.66. The lowest BCUT2D eigenvalue weighted by Crippen LogP contribution is -2.37. The molecular weight excluding hydrogens is 258 g/mol. The van der Waals surface area contributed by atoms with Crippen LogP contribution in [0.3, 0.4) is 0 Å². The highest BCUT2D eigenvalue weighted by molar-refractivity contribution is 5.80. The highest BCUT2D eigenvalue weighted by Crippen LogP contribution is 2.19. The average molecular weight is 281 g/mol. The minimum absolute atomic E-state index is 0.163. The van der Waals surface area contributed by atoms with Crippen molar-refractivity contribution in [2.75, 3.05) is 20.3 Å². The van der Waals surface area contributed by atoms with Gasteiger partial charge in [0.15, 0.2) is 6.10 Å². The third-order valence-electron chi connectivity index (χ3n) is 2.85. The van der Waals surface area contributed by atoms with Crippen molar-refractivity contribution in [1.82, 2.24) is 5.32 Å². The van der Waals surface area contributed by atoms with Crippen molar-refractivity contribution in [1.29, 1.82) is 0 Å². The van der Waals surface area contributed by atoms with E-state index in [1.54, 1.807) is 39.2 Å². The van der Waals surface area contributed by atoms with E-state index in [4.69, 9.17) is 9.47 Å². The molecule has 0 fully saturated rings. The Labute approximate surface area is 119 Å². The van der Waals surface area contributed by atoms with E-state index < -0.39 is 12.2 Å². The van der Waals surface area contributed by atoms with Crippen LogP contribution in [0.2, 0.25) is 0 Å². The quantitative estimate of drug-likeness (QED) is 0.711. The van der Waals surface area contributed by atoms with E-state index in [2.05, 4.69) is 5.32 Å². The Kier molecular flexibility index (Phi) is 7.04. The normalized spacial score (nSPS) is 13.6. The van der Waals surface area contributed by atoms with Crippen LogP contribution in [0, 0.1) is 0 Å². The summed E-state index contributed by atoms with van der Waals surface area (Å²) in [6, 6.07) is 7.10. The summed E-state index contributed by atoms with van der Waals surface area (Å²) in [5, 5.41) is 12.3. The number of rotatable bonds is 8. The van der Waals surface area contributed by atoms with Gasteiger partial charge < -0.3 is 19.9 Å². The molecule has 20 heavy (non-hydrogen) atoms. The molecule has 0 spiro atoms. The van der Waals surface area contributed by atoms with Gasteiger partial charge in [0.2, 0.25) is 0 Å². The summed E-state index contributed by atoms with van der Waals surface area (Å²) in [7, 11) is 1.63. The van der Waals surface area contributed by atoms with Crippen LogP contribution in [0.25, 0.3) is 0 Å². The molecule has 2 N–H and O–H groups in total. The van der Waals surface area contributed by atoms with Crippen LogP contribution in [-0.4, -0.2) is 37.4 Å². The lowest BCUT2D eigenvalue weighted by molar-refractivity contribution is -0.127. The second-order valence-electron chi connectivity index (χ2n) is 4.65. The first-order valence-corrected chi connectivity index (χ1v) is 6.76. The van der Waals surface area contributed by atoms with Gasteiger partial charge in [0, 0.05) is 20.3 Å². The molecule has 0 heterocycles. The van der Waals surface area contributed by atoms with Gasteiger partial charge in [-0.3, -0.25) is 4.79 Å². The smallest absolute Gasteiger partial charge is 0.260 e. The number of amides is 1. The molecule has 0 aliphatic heterocycles. The lowest BCUT2D eigenvalue weighted by Gasteiger charge is -2.15. The number of carbonyl (C=O) groups is 1. The minimum atomic E-state index is -0.582. The largest absolute Gasteiger partial charge is 0.481 e. The molecule has 0 saturated heterocycles. The van der Waals surface area contributed by atoms with Gasteiger partial charge in [0.05, 0.1) is 6.10 Å². The van der Waals surface area contributed by atoms with Crippen molar-refractivity contribution < 1.29 is 19.4 Å². The lowest BCUT2D eigenvalue weighted by atomic mass is 10.1. The highest BCUT2D eigenvalue weighted by Gasteiger charge is 2.14. The molecule has 1 aromatic rings. The van der Waals surface area contributed by atoms with Crippen LogP contribution >= 0.6 is 0 Å². The molecular formula is C15H23NO4. The van der Waals surface area contributed by atoms with E-state index in [0.717, 1.165) is 12.0 Å². The molecule has 0 bridgehead atoms. The molecule has 5 nitrogen and oxygen atoms in total. The number of aliphatic hydroxyl groups excluding tert-OH is 1. The first-order valence-electron chi connectivity index (χ1n) is 6.76. The van der Waals surface area contributed by atoms with Crippen molar-refractivity contribution in [3.63, 3.8) is 0 Å². The SMILES string of the molecule is COCCCNC(=O)C(C)Oc1cccc([C@@H](C)O)c1. The van der Waals surface area contributed by atoms with Crippen LogP contribution in [0.5, 0.6) is 5.75 Å². The molecule has 1 rings (SSSR count). The van der Waals surface area contributed by atoms with Gasteiger partial charge in [-0.2, -0.15) is 0 Å². The first kappa shape index (κ1) is 16.5. The van der Waals surface area contributed by atoms with E-state index in [1.807, 2.05) is 6.07 Å². The summed E-state index contributed by atoms with van der Waals surface area (Å²) in [5.74, 6) is 0.409. The van der Waals surface area contributed by atoms with Gasteiger partial charge in [-0.1, -0.05) is 12.1 Å². The van der Waals surface area contributed by atoms with Gasteiger partial charge in [-0.15, -0.1) is 0 Å². The van der Waals surface area contributed by atoms with Crippen molar-refractivity contribution in [3.05, 3.63) is 29.8 Å². The number of methoxy groups -OCH3 is 1. The fourth-order valence-electron chi connectivity index (χ4n) is 1.68. The summed E-state index contributed by atoms with van der Waals surface area (Å²) >= 11 is 0. The molecule has 2 atom stereocenters. The van der Waals surface area contributed by atoms with Crippen LogP contribution in [0.1, 0.15) is 31.9 Å². The third-order valence-corrected chi connectivity index (χ3v) is 2.85. The topological polar surface area (TPSA) is 67.8 Å². The Morgan fingerprint density at radius 3 is 2.80 bits per heavy atom. The van der Waals surface area contributed by atoms with E-state index in [0.29, 0.717) is 18.9 Å². The average Bonchev–Trinajstić information content (AvgIpc) is 2.43. The zero-order valence-corrected chi connectivity index (χ0v) is 12.3. The Morgan fingerprint density at radius 1 is 1.40 bits per heavy atom. The number of aliphatic hydroxyl groups is 1. The Bertz CT molecular complexity index is 420. The molecule has 0 saturated carbocycles. The summed E-state index contributed by atoms with van der Waals surface area (Å²) < 4.78 is 10.5. The van der Waals surface area contributed by atoms with Gasteiger partial charge in [0.25, 0.3) is 5.91 Å². The van der Waals surface area contributed by atoms with E-state index in [1.165, 1.54) is 0 Å². The Hall–Kier alpha value is -1.59. The standard InChI is InChI=1S/C15H23NO4/c1-11(17)13-6-4-7-14(10-13)20-12(2)15(18)16-8-5-9-19-3/h4,6-7,10-12,17H,5,8-9H2,1-3H3,(H,16,18)/t11-,12?/m1/s1. The van der Waals surface area contributed by atoms with E-state index >= 15 is 0 Å². The second-order valence-corrected chi connectivity index (χ2v) is 4.65. The van der Waals surface area contributed by atoms with Crippen LogP contribution in [0.15, 0.2) is 24.3 Å². The maximum Gasteiger partial charge on any atom is 0.260 e. The van der Waals surface area contributed by atoms with Crippen LogP contribution < -0.4 is 10.1 Å². The molecule has 5 heteroatoms. The fourth-order valence-corrected chi connectivity index (χ4v) is 1.68. The number of benzene rings is 1. The first-order chi connectivity index (χ1) is 9.54. The molecule has 0 aromatic heterocycles. The fraction of sp³-hybridized carbons (Fsp3) is 0.533. The molecule has 1 amide bonds. The van der Waals surface area contributed by atoms with Crippen molar-refractivity contribution in [3.8, 4) is 5.75 Å². The monoisotopic (exact) mass is 281 g/mol. The van der Waals surface area contributed by atoms with Crippen molar-refractivity contribution in [2.24, 2.45) is 0 Å². The molecule has 1 unspecified atom stereocenters. The number of hydrogen-bond donors (Lipinski definition) is 2. The molecule has 0 aliphatic rings. The van der Waals surface area contributed by atoms with E-state index in [-0.39, 0.29) is 5.91 Å². The third kappa shape index (κ3) is 5.59. The number of nitrogens with one attached hydrogen (secondary N) is 1. The summed E-state index contributed by atoms with van der Waals surface area (Å²) in [6.07, 6.45) is -0.370. The molecule has 0 radical (unpaired) electrons. The number of carbonyl (C=O) groups excluding carboxylic acids is 1. The van der Waals surface area contributed by atoms with Gasteiger partial charge in [-0.25, -0.2) is 0 Å². The maximum absolute atomic E-state index is 11.8. The predicted molar refractivity (Wildman–Crippen MR) is 76.7 cm³/mol. The Morgan fingerprint density at radius 2 is 2.15 bits per heavy atom. The van der Waals surface area contributed by atoms with Gasteiger partial charge in [-0.05, 0) is 38.0 Å². The van der Waals surface area contributed by atoms with Gasteiger partial charge in [0.1, 0.15) is 5.75 Å². The van der Waals surface area contributed by atoms with Crippen molar-refractivity contribution in [2.45, 2.75) is 32.5 Å². The zero-order chi connectivity index (χ0) is 15.0. The highest BCUT2D eigenvalue weighted by atomic mass is 16.5. The Balaban J connectivity index is 2.46. The summed E-state index contributed by atoms with van der Waals surface area (Å²) in [5.41, 5.74) is 0.759. The zero-order valence-electron chi connectivity index (χ0n) is 12.3. The molecule has 0 aliphatic carbocycles. The summed E-state index contributed by atoms with van der Waals surface area (Å²) in [6.45, 7) is 4.56. The van der Waals surface area contributed by atoms with Gasteiger partial charge >= 0.3 is 0 Å². The number of hydrogen-bond acceptors (Lipinski definition) is 4. The summed E-state index contributed by atoms with van der Waals surface area (Å²) in [4.78, 5) is 11.8. The van der Waals surface area contributed by atoms with Crippen LogP contribution in [-0.2, 0) is 9.53 Å². The number of ether oxygens (including phenoxy) is 2. The molecule has 1 aromatic carbocycles. The van der Waals surface area contributed by atoms with E-state index in [9.17, 15) is 9.90 Å². The maximum atomic E-state index is 11.8. The molecule has 112 valence electrons.